The molecule has 2 heteroatoms. The molecule has 2 aromatic carbocycles. The van der Waals surface area contributed by atoms with Gasteiger partial charge in [-0.1, -0.05) is 48.5 Å². The number of para-hydroxylation sites is 1. The van der Waals surface area contributed by atoms with Gasteiger partial charge in [-0.3, -0.25) is 4.90 Å². The van der Waals surface area contributed by atoms with E-state index in [2.05, 4.69) is 78.7 Å². The SMILES string of the molecule is CC(C)N1CCC(Nc2ccccc2-c2ccccc2)C1. The van der Waals surface area contributed by atoms with Crippen molar-refractivity contribution in [3.05, 3.63) is 54.6 Å². The second-order valence-electron chi connectivity index (χ2n) is 6.13. The monoisotopic (exact) mass is 280 g/mol. The van der Waals surface area contributed by atoms with Gasteiger partial charge in [0.1, 0.15) is 0 Å². The predicted molar refractivity (Wildman–Crippen MR) is 90.6 cm³/mol. The first-order valence-corrected chi connectivity index (χ1v) is 7.89. The molecular formula is C19H24N2. The molecule has 0 spiro atoms. The molecule has 1 N–H and O–H groups in total. The molecule has 1 aliphatic heterocycles. The molecule has 2 nitrogen and oxygen atoms in total. The lowest BCUT2D eigenvalue weighted by atomic mass is 10.0. The van der Waals surface area contributed by atoms with Gasteiger partial charge >= 0.3 is 0 Å². The van der Waals surface area contributed by atoms with Crippen LogP contribution in [0.15, 0.2) is 54.6 Å². The molecule has 3 rings (SSSR count). The standard InChI is InChI=1S/C19H24N2/c1-15(2)21-13-12-17(14-21)20-19-11-7-6-10-18(19)16-8-4-3-5-9-16/h3-11,15,17,20H,12-14H2,1-2H3. The first-order chi connectivity index (χ1) is 10.2. The van der Waals surface area contributed by atoms with Crippen molar-refractivity contribution in [1.29, 1.82) is 0 Å². The van der Waals surface area contributed by atoms with Gasteiger partial charge in [-0.25, -0.2) is 0 Å². The van der Waals surface area contributed by atoms with Gasteiger partial charge in [-0.05, 0) is 31.9 Å². The number of nitrogens with one attached hydrogen (secondary N) is 1. The van der Waals surface area contributed by atoms with Gasteiger partial charge in [0.05, 0.1) is 0 Å². The molecule has 1 aliphatic rings. The Labute approximate surface area is 127 Å². The molecule has 1 heterocycles. The van der Waals surface area contributed by atoms with Crippen molar-refractivity contribution >= 4 is 5.69 Å². The van der Waals surface area contributed by atoms with Crippen LogP contribution in [-0.4, -0.2) is 30.1 Å². The lowest BCUT2D eigenvalue weighted by Crippen LogP contribution is -2.31. The fourth-order valence-electron chi connectivity index (χ4n) is 3.07. The molecule has 1 atom stereocenters. The molecule has 1 unspecified atom stereocenters. The predicted octanol–water partition coefficient (Wildman–Crippen LogP) is 4.25. The van der Waals surface area contributed by atoms with Crippen LogP contribution in [0, 0.1) is 0 Å². The highest BCUT2D eigenvalue weighted by atomic mass is 15.2. The van der Waals surface area contributed by atoms with Crippen molar-refractivity contribution in [2.24, 2.45) is 0 Å². The van der Waals surface area contributed by atoms with E-state index < -0.39 is 0 Å². The Morgan fingerprint density at radius 3 is 2.43 bits per heavy atom. The van der Waals surface area contributed by atoms with Crippen molar-refractivity contribution in [2.75, 3.05) is 18.4 Å². The maximum absolute atomic E-state index is 3.75. The fraction of sp³-hybridized carbons (Fsp3) is 0.368. The summed E-state index contributed by atoms with van der Waals surface area (Å²) in [5.41, 5.74) is 3.82. The quantitative estimate of drug-likeness (QED) is 0.900. The molecule has 2 aromatic rings. The minimum atomic E-state index is 0.553. The van der Waals surface area contributed by atoms with Crippen molar-refractivity contribution < 1.29 is 0 Å². The lowest BCUT2D eigenvalue weighted by Gasteiger charge is -2.21. The highest BCUT2D eigenvalue weighted by Crippen LogP contribution is 2.29. The zero-order chi connectivity index (χ0) is 14.7. The molecule has 110 valence electrons. The third kappa shape index (κ3) is 3.27. The summed E-state index contributed by atoms with van der Waals surface area (Å²) in [4.78, 5) is 2.54. The van der Waals surface area contributed by atoms with Gasteiger partial charge in [-0.2, -0.15) is 0 Å². The van der Waals surface area contributed by atoms with Gasteiger partial charge in [0, 0.05) is 36.4 Å². The van der Waals surface area contributed by atoms with Crippen molar-refractivity contribution in [3.8, 4) is 11.1 Å². The number of rotatable bonds is 4. The average molecular weight is 280 g/mol. The third-order valence-electron chi connectivity index (χ3n) is 4.32. The molecule has 0 radical (unpaired) electrons. The summed E-state index contributed by atoms with van der Waals surface area (Å²) in [5.74, 6) is 0. The molecule has 1 saturated heterocycles. The van der Waals surface area contributed by atoms with Crippen LogP contribution in [0.5, 0.6) is 0 Å². The summed E-state index contributed by atoms with van der Waals surface area (Å²) >= 11 is 0. The van der Waals surface area contributed by atoms with Crippen LogP contribution in [0.4, 0.5) is 5.69 Å². The molecular weight excluding hydrogens is 256 g/mol. The molecule has 0 aliphatic carbocycles. The van der Waals surface area contributed by atoms with Crippen molar-refractivity contribution in [3.63, 3.8) is 0 Å². The van der Waals surface area contributed by atoms with E-state index in [0.717, 1.165) is 6.54 Å². The maximum atomic E-state index is 3.75. The van der Waals surface area contributed by atoms with Crippen LogP contribution in [0.1, 0.15) is 20.3 Å². The van der Waals surface area contributed by atoms with Crippen LogP contribution in [0.25, 0.3) is 11.1 Å². The smallest absolute Gasteiger partial charge is 0.0422 e. The summed E-state index contributed by atoms with van der Waals surface area (Å²) in [6, 6.07) is 20.4. The van der Waals surface area contributed by atoms with Crippen molar-refractivity contribution in [1.82, 2.24) is 4.90 Å². The number of nitrogens with zero attached hydrogens (tertiary/aromatic N) is 1. The van der Waals surface area contributed by atoms with E-state index in [-0.39, 0.29) is 0 Å². The summed E-state index contributed by atoms with van der Waals surface area (Å²) in [7, 11) is 0. The topological polar surface area (TPSA) is 15.3 Å². The van der Waals surface area contributed by atoms with Gasteiger partial charge < -0.3 is 5.32 Å². The van der Waals surface area contributed by atoms with Gasteiger partial charge in [0.25, 0.3) is 0 Å². The molecule has 1 fully saturated rings. The zero-order valence-electron chi connectivity index (χ0n) is 12.9. The Balaban J connectivity index is 1.78. The third-order valence-corrected chi connectivity index (χ3v) is 4.32. The van der Waals surface area contributed by atoms with E-state index in [4.69, 9.17) is 0 Å². The molecule has 0 aromatic heterocycles. The summed E-state index contributed by atoms with van der Waals surface area (Å²) < 4.78 is 0. The second kappa shape index (κ2) is 6.31. The van der Waals surface area contributed by atoms with Crippen LogP contribution >= 0.6 is 0 Å². The first kappa shape index (κ1) is 14.2. The Morgan fingerprint density at radius 1 is 1.00 bits per heavy atom. The summed E-state index contributed by atoms with van der Waals surface area (Å²) in [6.07, 6.45) is 1.22. The molecule has 0 bridgehead atoms. The Morgan fingerprint density at radius 2 is 1.71 bits per heavy atom. The van der Waals surface area contributed by atoms with E-state index in [1.165, 1.54) is 29.8 Å². The fourth-order valence-corrected chi connectivity index (χ4v) is 3.07. The summed E-state index contributed by atoms with van der Waals surface area (Å²) in [5, 5.41) is 3.75. The van der Waals surface area contributed by atoms with Gasteiger partial charge in [0.2, 0.25) is 0 Å². The molecule has 0 saturated carbocycles. The molecule has 0 amide bonds. The van der Waals surface area contributed by atoms with E-state index >= 15 is 0 Å². The Kier molecular flexibility index (Phi) is 4.26. The lowest BCUT2D eigenvalue weighted by molar-refractivity contribution is 0.274. The second-order valence-corrected chi connectivity index (χ2v) is 6.13. The number of benzene rings is 2. The normalized spacial score (nSPS) is 19.1. The van der Waals surface area contributed by atoms with E-state index in [1.54, 1.807) is 0 Å². The van der Waals surface area contributed by atoms with E-state index in [0.29, 0.717) is 12.1 Å². The largest absolute Gasteiger partial charge is 0.380 e. The minimum absolute atomic E-state index is 0.553. The van der Waals surface area contributed by atoms with E-state index in [1.807, 2.05) is 0 Å². The van der Waals surface area contributed by atoms with Crippen molar-refractivity contribution in [2.45, 2.75) is 32.4 Å². The number of likely N-dealkylation sites (tertiary alicyclic amines) is 1. The van der Waals surface area contributed by atoms with Crippen LogP contribution < -0.4 is 5.32 Å². The minimum Gasteiger partial charge on any atom is -0.380 e. The zero-order valence-corrected chi connectivity index (χ0v) is 12.9. The van der Waals surface area contributed by atoms with Gasteiger partial charge in [0.15, 0.2) is 0 Å². The highest BCUT2D eigenvalue weighted by Gasteiger charge is 2.24. The van der Waals surface area contributed by atoms with Crippen LogP contribution in [-0.2, 0) is 0 Å². The summed E-state index contributed by atoms with van der Waals surface area (Å²) in [6.45, 7) is 6.89. The van der Waals surface area contributed by atoms with Crippen LogP contribution in [0.2, 0.25) is 0 Å². The maximum Gasteiger partial charge on any atom is 0.0422 e. The first-order valence-electron chi connectivity index (χ1n) is 7.89. The van der Waals surface area contributed by atoms with Crippen LogP contribution in [0.3, 0.4) is 0 Å². The Hall–Kier alpha value is -1.80. The Bertz CT molecular complexity index is 577. The number of hydrogen-bond acceptors (Lipinski definition) is 2. The van der Waals surface area contributed by atoms with Gasteiger partial charge in [-0.15, -0.1) is 0 Å². The number of anilines is 1. The number of hydrogen-bond donors (Lipinski definition) is 1. The highest BCUT2D eigenvalue weighted by molar-refractivity contribution is 5.77. The van der Waals surface area contributed by atoms with E-state index in [9.17, 15) is 0 Å². The molecule has 21 heavy (non-hydrogen) atoms. The average Bonchev–Trinajstić information content (AvgIpc) is 2.98.